The number of nitrogens with one attached hydrogen (secondary N) is 1. The summed E-state index contributed by atoms with van der Waals surface area (Å²) in [5.41, 5.74) is 0. The van der Waals surface area contributed by atoms with Crippen LogP contribution < -0.4 is 5.32 Å². The van der Waals surface area contributed by atoms with E-state index in [1.54, 1.807) is 0 Å². The van der Waals surface area contributed by atoms with Crippen LogP contribution in [0.25, 0.3) is 0 Å². The van der Waals surface area contributed by atoms with Crippen molar-refractivity contribution in [2.24, 2.45) is 0 Å². The number of hydrogen-bond donors (Lipinski definition) is 1. The average Bonchev–Trinajstić information content (AvgIpc) is 2.90. The molecule has 1 saturated heterocycles. The van der Waals surface area contributed by atoms with Gasteiger partial charge in [-0.15, -0.1) is 0 Å². The Morgan fingerprint density at radius 2 is 2.19 bits per heavy atom. The molecule has 0 spiro atoms. The number of carbonyl (C=O) groups is 1. The summed E-state index contributed by atoms with van der Waals surface area (Å²) in [4.78, 5) is 13.6. The van der Waals surface area contributed by atoms with E-state index in [9.17, 15) is 4.79 Å². The third-order valence-corrected chi connectivity index (χ3v) is 3.43. The van der Waals surface area contributed by atoms with Crippen molar-refractivity contribution >= 4 is 35.1 Å². The molecule has 0 aromatic carbocycles. The van der Waals surface area contributed by atoms with Crippen molar-refractivity contribution < 1.29 is 4.79 Å². The summed E-state index contributed by atoms with van der Waals surface area (Å²) in [6.07, 6.45) is 2.73. The second kappa shape index (κ2) is 5.45. The Morgan fingerprint density at radius 3 is 2.81 bits per heavy atom. The van der Waals surface area contributed by atoms with Crippen LogP contribution >= 0.6 is 23.3 Å². The molecule has 1 N–H and O–H groups in total. The first-order valence-electron chi connectivity index (χ1n) is 5.27. The van der Waals surface area contributed by atoms with E-state index in [1.807, 2.05) is 4.90 Å². The molecular formula is C9H13ClN4OS. The molecule has 1 aliphatic heterocycles. The Labute approximate surface area is 103 Å². The molecule has 2 rings (SSSR count). The predicted octanol–water partition coefficient (Wildman–Crippen LogP) is 1.62. The minimum Gasteiger partial charge on any atom is -0.366 e. The summed E-state index contributed by atoms with van der Waals surface area (Å²) in [5, 5.41) is 3.38. The van der Waals surface area contributed by atoms with Crippen LogP contribution in [0.1, 0.15) is 19.3 Å². The fourth-order valence-corrected chi connectivity index (χ4v) is 2.38. The van der Waals surface area contributed by atoms with Gasteiger partial charge < -0.3 is 10.2 Å². The second-order valence-corrected chi connectivity index (χ2v) is 4.55. The third kappa shape index (κ3) is 2.82. The van der Waals surface area contributed by atoms with Gasteiger partial charge in [-0.25, -0.2) is 0 Å². The van der Waals surface area contributed by atoms with E-state index in [2.05, 4.69) is 14.1 Å². The number of halogens is 1. The average molecular weight is 261 g/mol. The molecule has 2 heterocycles. The number of amides is 1. The maximum atomic E-state index is 11.7. The molecule has 0 aliphatic carbocycles. The summed E-state index contributed by atoms with van der Waals surface area (Å²) in [6, 6.07) is 0. The van der Waals surface area contributed by atoms with Crippen molar-refractivity contribution in [1.29, 1.82) is 0 Å². The van der Waals surface area contributed by atoms with Crippen molar-refractivity contribution in [3.8, 4) is 0 Å². The zero-order valence-electron chi connectivity index (χ0n) is 8.78. The van der Waals surface area contributed by atoms with Crippen LogP contribution in [0.3, 0.4) is 0 Å². The summed E-state index contributed by atoms with van der Waals surface area (Å²) in [5.74, 6) is 0.769. The maximum Gasteiger partial charge on any atom is 0.224 e. The van der Waals surface area contributed by atoms with Crippen LogP contribution in [-0.2, 0) is 4.79 Å². The van der Waals surface area contributed by atoms with E-state index in [4.69, 9.17) is 11.6 Å². The molecule has 1 aliphatic rings. The molecule has 1 fully saturated rings. The highest BCUT2D eigenvalue weighted by Gasteiger charge is 2.17. The Morgan fingerprint density at radius 1 is 1.44 bits per heavy atom. The first kappa shape index (κ1) is 11.6. The SMILES string of the molecule is O=C(CCNc1nsnc1Cl)N1CCCC1. The molecule has 88 valence electrons. The number of aromatic nitrogens is 2. The number of rotatable bonds is 4. The van der Waals surface area contributed by atoms with Crippen molar-refractivity contribution in [3.05, 3.63) is 5.15 Å². The van der Waals surface area contributed by atoms with Gasteiger partial charge in [-0.05, 0) is 12.8 Å². The van der Waals surface area contributed by atoms with Crippen molar-refractivity contribution in [2.75, 3.05) is 25.0 Å². The van der Waals surface area contributed by atoms with Gasteiger partial charge in [0.2, 0.25) is 5.91 Å². The standard InChI is InChI=1S/C9H13ClN4OS/c10-8-9(13-16-12-8)11-4-3-7(15)14-5-1-2-6-14/h1-6H2,(H,11,13). The van der Waals surface area contributed by atoms with E-state index in [-0.39, 0.29) is 5.91 Å². The van der Waals surface area contributed by atoms with E-state index < -0.39 is 0 Å². The van der Waals surface area contributed by atoms with Gasteiger partial charge in [0, 0.05) is 26.1 Å². The van der Waals surface area contributed by atoms with Gasteiger partial charge in [-0.3, -0.25) is 4.79 Å². The molecule has 0 unspecified atom stereocenters. The first-order valence-corrected chi connectivity index (χ1v) is 6.38. The third-order valence-electron chi connectivity index (χ3n) is 2.54. The maximum absolute atomic E-state index is 11.7. The van der Waals surface area contributed by atoms with Crippen LogP contribution in [0.15, 0.2) is 0 Å². The van der Waals surface area contributed by atoms with Crippen LogP contribution in [0.2, 0.25) is 5.15 Å². The summed E-state index contributed by atoms with van der Waals surface area (Å²) in [6.45, 7) is 2.36. The summed E-state index contributed by atoms with van der Waals surface area (Å²) in [7, 11) is 0. The Balaban J connectivity index is 1.71. The minimum atomic E-state index is 0.198. The number of hydrogen-bond acceptors (Lipinski definition) is 5. The highest BCUT2D eigenvalue weighted by molar-refractivity contribution is 6.99. The fraction of sp³-hybridized carbons (Fsp3) is 0.667. The largest absolute Gasteiger partial charge is 0.366 e. The quantitative estimate of drug-likeness (QED) is 0.894. The topological polar surface area (TPSA) is 58.1 Å². The van der Waals surface area contributed by atoms with E-state index in [1.165, 1.54) is 0 Å². The lowest BCUT2D eigenvalue weighted by atomic mass is 10.3. The zero-order valence-corrected chi connectivity index (χ0v) is 10.4. The van der Waals surface area contributed by atoms with E-state index >= 15 is 0 Å². The van der Waals surface area contributed by atoms with E-state index in [0.717, 1.165) is 37.7 Å². The predicted molar refractivity (Wildman–Crippen MR) is 63.8 cm³/mol. The number of likely N-dealkylation sites (tertiary alicyclic amines) is 1. The van der Waals surface area contributed by atoms with Crippen LogP contribution in [0.5, 0.6) is 0 Å². The van der Waals surface area contributed by atoms with Gasteiger partial charge in [0.05, 0.1) is 11.7 Å². The van der Waals surface area contributed by atoms with Gasteiger partial charge >= 0.3 is 0 Å². The van der Waals surface area contributed by atoms with Crippen molar-refractivity contribution in [3.63, 3.8) is 0 Å². The van der Waals surface area contributed by atoms with Gasteiger partial charge in [-0.1, -0.05) is 11.6 Å². The summed E-state index contributed by atoms with van der Waals surface area (Å²) < 4.78 is 7.80. The molecule has 7 heteroatoms. The molecular weight excluding hydrogens is 248 g/mol. The lowest BCUT2D eigenvalue weighted by Crippen LogP contribution is -2.29. The second-order valence-electron chi connectivity index (χ2n) is 3.67. The molecule has 5 nitrogen and oxygen atoms in total. The van der Waals surface area contributed by atoms with Gasteiger partial charge in [0.25, 0.3) is 0 Å². The Bertz CT molecular complexity index is 364. The number of anilines is 1. The molecule has 0 radical (unpaired) electrons. The van der Waals surface area contributed by atoms with Gasteiger partial charge in [0.1, 0.15) is 0 Å². The number of carbonyl (C=O) groups excluding carboxylic acids is 1. The Kier molecular flexibility index (Phi) is 3.95. The normalized spacial score (nSPS) is 15.4. The first-order chi connectivity index (χ1) is 7.77. The van der Waals surface area contributed by atoms with E-state index in [0.29, 0.717) is 23.9 Å². The summed E-state index contributed by atoms with van der Waals surface area (Å²) >= 11 is 6.82. The molecule has 1 aromatic rings. The van der Waals surface area contributed by atoms with Gasteiger partial charge in [-0.2, -0.15) is 8.75 Å². The van der Waals surface area contributed by atoms with Crippen molar-refractivity contribution in [1.82, 2.24) is 13.6 Å². The zero-order chi connectivity index (χ0) is 11.4. The van der Waals surface area contributed by atoms with Crippen molar-refractivity contribution in [2.45, 2.75) is 19.3 Å². The lowest BCUT2D eigenvalue weighted by molar-refractivity contribution is -0.129. The monoisotopic (exact) mass is 260 g/mol. The highest BCUT2D eigenvalue weighted by Crippen LogP contribution is 2.17. The molecule has 0 bridgehead atoms. The highest BCUT2D eigenvalue weighted by atomic mass is 35.5. The lowest BCUT2D eigenvalue weighted by Gasteiger charge is -2.14. The minimum absolute atomic E-state index is 0.198. The fourth-order valence-electron chi connectivity index (χ4n) is 1.70. The van der Waals surface area contributed by atoms with Crippen LogP contribution in [0.4, 0.5) is 5.82 Å². The Hall–Kier alpha value is -0.880. The van der Waals surface area contributed by atoms with Crippen LogP contribution in [-0.4, -0.2) is 39.2 Å². The molecule has 0 saturated carbocycles. The molecule has 1 aromatic heterocycles. The molecule has 1 amide bonds. The smallest absolute Gasteiger partial charge is 0.224 e. The number of nitrogens with zero attached hydrogens (tertiary/aromatic N) is 3. The van der Waals surface area contributed by atoms with Gasteiger partial charge in [0.15, 0.2) is 11.0 Å². The van der Waals surface area contributed by atoms with Crippen LogP contribution in [0, 0.1) is 0 Å². The molecule has 0 atom stereocenters. The molecule has 16 heavy (non-hydrogen) atoms.